The quantitative estimate of drug-likeness (QED) is 0.850. The highest BCUT2D eigenvalue weighted by Gasteiger charge is 2.14. The molecule has 0 bridgehead atoms. The predicted molar refractivity (Wildman–Crippen MR) is 75.7 cm³/mol. The first-order valence-corrected chi connectivity index (χ1v) is 6.58. The van der Waals surface area contributed by atoms with Crippen LogP contribution in [0.4, 0.5) is 0 Å². The maximum atomic E-state index is 12.0. The van der Waals surface area contributed by atoms with Crippen LogP contribution in [0.2, 0.25) is 0 Å². The minimum atomic E-state index is -0.419. The van der Waals surface area contributed by atoms with E-state index in [0.29, 0.717) is 10.2 Å². The standard InChI is InChI=1S/C14H13BrN2O2/c15-13-7-6-11(8-16-13)14(19)17-12(9-18)10-4-2-1-3-5-10/h1-8,12,18H,9H2,(H,17,19)/t12-/m0/s1. The van der Waals surface area contributed by atoms with Gasteiger partial charge in [0.05, 0.1) is 18.2 Å². The lowest BCUT2D eigenvalue weighted by molar-refractivity contribution is 0.0916. The second kappa shape index (κ2) is 6.45. The summed E-state index contributed by atoms with van der Waals surface area (Å²) in [6.07, 6.45) is 1.48. The first-order valence-electron chi connectivity index (χ1n) is 5.79. The van der Waals surface area contributed by atoms with E-state index < -0.39 is 6.04 Å². The first-order chi connectivity index (χ1) is 9.20. The number of nitrogens with zero attached hydrogens (tertiary/aromatic N) is 1. The number of pyridine rings is 1. The number of aliphatic hydroxyl groups is 1. The van der Waals surface area contributed by atoms with Crippen LogP contribution in [-0.2, 0) is 0 Å². The number of benzene rings is 1. The highest BCUT2D eigenvalue weighted by atomic mass is 79.9. The van der Waals surface area contributed by atoms with Gasteiger partial charge in [0.1, 0.15) is 4.60 Å². The average Bonchev–Trinajstić information content (AvgIpc) is 2.46. The van der Waals surface area contributed by atoms with Crippen molar-refractivity contribution in [2.24, 2.45) is 0 Å². The molecule has 19 heavy (non-hydrogen) atoms. The summed E-state index contributed by atoms with van der Waals surface area (Å²) in [7, 11) is 0. The van der Waals surface area contributed by atoms with Crippen molar-refractivity contribution < 1.29 is 9.90 Å². The second-order valence-electron chi connectivity index (χ2n) is 3.99. The third-order valence-electron chi connectivity index (χ3n) is 2.68. The molecule has 0 fully saturated rings. The van der Waals surface area contributed by atoms with Crippen LogP contribution in [-0.4, -0.2) is 22.6 Å². The van der Waals surface area contributed by atoms with Gasteiger partial charge in [-0.15, -0.1) is 0 Å². The molecular weight excluding hydrogens is 308 g/mol. The fourth-order valence-corrected chi connectivity index (χ4v) is 1.91. The predicted octanol–water partition coefficient (Wildman–Crippen LogP) is 2.31. The number of nitrogens with one attached hydrogen (secondary N) is 1. The molecule has 1 amide bonds. The molecule has 0 aliphatic rings. The number of carbonyl (C=O) groups is 1. The van der Waals surface area contributed by atoms with Crippen LogP contribution in [0.3, 0.4) is 0 Å². The van der Waals surface area contributed by atoms with Gasteiger partial charge in [0.15, 0.2) is 0 Å². The summed E-state index contributed by atoms with van der Waals surface area (Å²) in [5.41, 5.74) is 1.32. The Morgan fingerprint density at radius 1 is 1.26 bits per heavy atom. The SMILES string of the molecule is O=C(N[C@@H](CO)c1ccccc1)c1ccc(Br)nc1. The largest absolute Gasteiger partial charge is 0.394 e. The molecule has 4 nitrogen and oxygen atoms in total. The van der Waals surface area contributed by atoms with Crippen molar-refractivity contribution in [3.8, 4) is 0 Å². The van der Waals surface area contributed by atoms with Gasteiger partial charge in [0.25, 0.3) is 5.91 Å². The summed E-state index contributed by atoms with van der Waals surface area (Å²) in [6.45, 7) is -0.153. The van der Waals surface area contributed by atoms with Crippen molar-refractivity contribution in [3.63, 3.8) is 0 Å². The fourth-order valence-electron chi connectivity index (χ4n) is 1.67. The molecule has 0 radical (unpaired) electrons. The lowest BCUT2D eigenvalue weighted by Crippen LogP contribution is -2.30. The Morgan fingerprint density at radius 2 is 2.00 bits per heavy atom. The summed E-state index contributed by atoms with van der Waals surface area (Å²) in [6, 6.07) is 12.3. The maximum absolute atomic E-state index is 12.0. The van der Waals surface area contributed by atoms with Crippen molar-refractivity contribution in [2.75, 3.05) is 6.61 Å². The van der Waals surface area contributed by atoms with E-state index >= 15 is 0 Å². The Kier molecular flexibility index (Phi) is 4.65. The second-order valence-corrected chi connectivity index (χ2v) is 4.80. The Morgan fingerprint density at radius 3 is 2.58 bits per heavy atom. The van der Waals surface area contributed by atoms with Crippen molar-refractivity contribution in [1.29, 1.82) is 0 Å². The lowest BCUT2D eigenvalue weighted by atomic mass is 10.1. The molecule has 5 heteroatoms. The number of aromatic nitrogens is 1. The zero-order chi connectivity index (χ0) is 13.7. The minimum Gasteiger partial charge on any atom is -0.394 e. The van der Waals surface area contributed by atoms with Gasteiger partial charge in [0.2, 0.25) is 0 Å². The third kappa shape index (κ3) is 3.62. The maximum Gasteiger partial charge on any atom is 0.253 e. The van der Waals surface area contributed by atoms with Crippen molar-refractivity contribution >= 4 is 21.8 Å². The molecule has 0 spiro atoms. The van der Waals surface area contributed by atoms with Gasteiger partial charge >= 0.3 is 0 Å². The fraction of sp³-hybridized carbons (Fsp3) is 0.143. The topological polar surface area (TPSA) is 62.2 Å². The highest BCUT2D eigenvalue weighted by Crippen LogP contribution is 2.13. The van der Waals surface area contributed by atoms with Crippen LogP contribution in [0, 0.1) is 0 Å². The van der Waals surface area contributed by atoms with Gasteiger partial charge in [-0.1, -0.05) is 30.3 Å². The van der Waals surface area contributed by atoms with Crippen molar-refractivity contribution in [1.82, 2.24) is 10.3 Å². The number of rotatable bonds is 4. The number of hydrogen-bond acceptors (Lipinski definition) is 3. The van der Waals surface area contributed by atoms with Crippen LogP contribution in [0.5, 0.6) is 0 Å². The summed E-state index contributed by atoms with van der Waals surface area (Å²) >= 11 is 3.21. The van der Waals surface area contributed by atoms with Gasteiger partial charge in [-0.25, -0.2) is 4.98 Å². The van der Waals surface area contributed by atoms with E-state index in [0.717, 1.165) is 5.56 Å². The van der Waals surface area contributed by atoms with Crippen LogP contribution >= 0.6 is 15.9 Å². The van der Waals surface area contributed by atoms with E-state index in [1.54, 1.807) is 12.1 Å². The van der Waals surface area contributed by atoms with Gasteiger partial charge in [-0.2, -0.15) is 0 Å². The molecule has 0 aliphatic carbocycles. The number of aliphatic hydroxyl groups excluding tert-OH is 1. The van der Waals surface area contributed by atoms with Gasteiger partial charge < -0.3 is 10.4 Å². The van der Waals surface area contributed by atoms with E-state index in [9.17, 15) is 9.90 Å². The normalized spacial score (nSPS) is 11.9. The molecular formula is C14H13BrN2O2. The number of carbonyl (C=O) groups excluding carboxylic acids is 1. The monoisotopic (exact) mass is 320 g/mol. The molecule has 1 atom stereocenters. The summed E-state index contributed by atoms with van der Waals surface area (Å²) in [5.74, 6) is -0.261. The smallest absolute Gasteiger partial charge is 0.253 e. The van der Waals surface area contributed by atoms with E-state index in [2.05, 4.69) is 26.2 Å². The van der Waals surface area contributed by atoms with Crippen LogP contribution < -0.4 is 5.32 Å². The average molecular weight is 321 g/mol. The molecule has 2 aromatic rings. The molecule has 0 unspecified atom stereocenters. The Hall–Kier alpha value is -1.72. The molecule has 0 saturated heterocycles. The molecule has 2 N–H and O–H groups in total. The van der Waals surface area contributed by atoms with E-state index in [1.165, 1.54) is 6.20 Å². The highest BCUT2D eigenvalue weighted by molar-refractivity contribution is 9.10. The van der Waals surface area contributed by atoms with Gasteiger partial charge in [-0.05, 0) is 33.6 Å². The molecule has 2 rings (SSSR count). The first kappa shape index (κ1) is 13.7. The van der Waals surface area contributed by atoms with Crippen LogP contribution in [0.1, 0.15) is 22.0 Å². The Bertz CT molecular complexity index is 543. The lowest BCUT2D eigenvalue weighted by Gasteiger charge is -2.16. The zero-order valence-electron chi connectivity index (χ0n) is 10.1. The molecule has 0 aliphatic heterocycles. The minimum absolute atomic E-state index is 0.153. The third-order valence-corrected chi connectivity index (χ3v) is 3.15. The number of halogens is 1. The summed E-state index contributed by atoms with van der Waals surface area (Å²) in [5, 5.41) is 12.2. The summed E-state index contributed by atoms with van der Waals surface area (Å²) in [4.78, 5) is 16.0. The Labute approximate surface area is 119 Å². The Balaban J connectivity index is 2.10. The van der Waals surface area contributed by atoms with Gasteiger partial charge in [-0.3, -0.25) is 4.79 Å². The van der Waals surface area contributed by atoms with E-state index in [-0.39, 0.29) is 12.5 Å². The zero-order valence-corrected chi connectivity index (χ0v) is 11.7. The van der Waals surface area contributed by atoms with Crippen molar-refractivity contribution in [3.05, 3.63) is 64.4 Å². The molecule has 0 saturated carbocycles. The molecule has 1 aromatic carbocycles. The number of amides is 1. The van der Waals surface area contributed by atoms with E-state index in [1.807, 2.05) is 30.3 Å². The molecule has 1 aromatic heterocycles. The van der Waals surface area contributed by atoms with E-state index in [4.69, 9.17) is 0 Å². The molecule has 1 heterocycles. The van der Waals surface area contributed by atoms with Crippen LogP contribution in [0.15, 0.2) is 53.3 Å². The molecule has 98 valence electrons. The van der Waals surface area contributed by atoms with Crippen molar-refractivity contribution in [2.45, 2.75) is 6.04 Å². The van der Waals surface area contributed by atoms with Gasteiger partial charge in [0, 0.05) is 6.20 Å². The van der Waals surface area contributed by atoms with Crippen LogP contribution in [0.25, 0.3) is 0 Å². The number of hydrogen-bond donors (Lipinski definition) is 2. The summed E-state index contributed by atoms with van der Waals surface area (Å²) < 4.78 is 0.672.